The number of hydrogen-bond donors (Lipinski definition) is 0. The second-order valence-corrected chi connectivity index (χ2v) is 8.76. The van der Waals surface area contributed by atoms with E-state index in [9.17, 15) is 9.59 Å². The third-order valence-corrected chi connectivity index (χ3v) is 6.71. The third-order valence-electron chi connectivity index (χ3n) is 6.71. The van der Waals surface area contributed by atoms with Crippen molar-refractivity contribution in [3.8, 4) is 5.75 Å². The van der Waals surface area contributed by atoms with Crippen molar-refractivity contribution in [3.63, 3.8) is 0 Å². The standard InChI is InChI=1S/C23H30N6O3/c1-16-7-8-18(32-3)17(15-16)27-13-14-28-19-20(24-22(27)28)25(2)23(31)29(21(19)30)12-11-26-9-5-4-6-10-26/h7-8,15H,4-6,9-14H2,1-3H3. The van der Waals surface area contributed by atoms with E-state index < -0.39 is 0 Å². The van der Waals surface area contributed by atoms with Gasteiger partial charge in [-0.1, -0.05) is 12.5 Å². The van der Waals surface area contributed by atoms with Gasteiger partial charge in [0.05, 0.1) is 12.8 Å². The van der Waals surface area contributed by atoms with Crippen molar-refractivity contribution < 1.29 is 4.74 Å². The van der Waals surface area contributed by atoms with Crippen LogP contribution in [0.25, 0.3) is 11.2 Å². The maximum absolute atomic E-state index is 13.4. The second kappa shape index (κ2) is 8.12. The minimum atomic E-state index is -0.309. The highest BCUT2D eigenvalue weighted by Crippen LogP contribution is 2.37. The predicted octanol–water partition coefficient (Wildman–Crippen LogP) is 1.85. The molecule has 0 N–H and O–H groups in total. The van der Waals surface area contributed by atoms with Crippen LogP contribution in [0.1, 0.15) is 24.8 Å². The number of aromatic nitrogens is 4. The molecule has 32 heavy (non-hydrogen) atoms. The molecule has 1 saturated heterocycles. The van der Waals surface area contributed by atoms with Gasteiger partial charge in [0.2, 0.25) is 5.95 Å². The van der Waals surface area contributed by atoms with Crippen LogP contribution in [0, 0.1) is 6.92 Å². The first kappa shape index (κ1) is 20.8. The summed E-state index contributed by atoms with van der Waals surface area (Å²) >= 11 is 0. The average molecular weight is 439 g/mol. The summed E-state index contributed by atoms with van der Waals surface area (Å²) in [4.78, 5) is 35.6. The van der Waals surface area contributed by atoms with Gasteiger partial charge in [-0.3, -0.25) is 13.9 Å². The van der Waals surface area contributed by atoms with Crippen molar-refractivity contribution in [2.45, 2.75) is 39.3 Å². The van der Waals surface area contributed by atoms with Gasteiger partial charge in [-0.25, -0.2) is 4.79 Å². The highest BCUT2D eigenvalue weighted by molar-refractivity contribution is 5.79. The van der Waals surface area contributed by atoms with E-state index in [0.29, 0.717) is 43.3 Å². The summed E-state index contributed by atoms with van der Waals surface area (Å²) in [5.41, 5.74) is 2.39. The Labute approximate surface area is 186 Å². The van der Waals surface area contributed by atoms with Crippen molar-refractivity contribution in [2.24, 2.45) is 7.05 Å². The molecule has 5 rings (SSSR count). The molecule has 1 fully saturated rings. The van der Waals surface area contributed by atoms with Gasteiger partial charge >= 0.3 is 5.69 Å². The van der Waals surface area contributed by atoms with E-state index in [1.54, 1.807) is 14.2 Å². The monoisotopic (exact) mass is 438 g/mol. The van der Waals surface area contributed by atoms with E-state index in [1.165, 1.54) is 28.4 Å². The number of likely N-dealkylation sites (tertiary alicyclic amines) is 1. The lowest BCUT2D eigenvalue weighted by Crippen LogP contribution is -2.43. The van der Waals surface area contributed by atoms with E-state index in [0.717, 1.165) is 30.1 Å². The zero-order valence-corrected chi connectivity index (χ0v) is 19.0. The van der Waals surface area contributed by atoms with Gasteiger partial charge in [0.15, 0.2) is 11.2 Å². The van der Waals surface area contributed by atoms with Crippen molar-refractivity contribution in [1.82, 2.24) is 23.6 Å². The Morgan fingerprint density at radius 1 is 1.03 bits per heavy atom. The molecule has 9 heteroatoms. The quantitative estimate of drug-likeness (QED) is 0.605. The van der Waals surface area contributed by atoms with Crippen LogP contribution in [-0.4, -0.2) is 56.9 Å². The largest absolute Gasteiger partial charge is 0.495 e. The van der Waals surface area contributed by atoms with E-state index in [-0.39, 0.29) is 11.2 Å². The van der Waals surface area contributed by atoms with Crippen LogP contribution in [0.4, 0.5) is 11.6 Å². The van der Waals surface area contributed by atoms with Gasteiger partial charge in [0, 0.05) is 33.2 Å². The minimum absolute atomic E-state index is 0.253. The summed E-state index contributed by atoms with van der Waals surface area (Å²) in [6.07, 6.45) is 3.62. The molecule has 1 aromatic carbocycles. The summed E-state index contributed by atoms with van der Waals surface area (Å²) in [6, 6.07) is 6.01. The minimum Gasteiger partial charge on any atom is -0.495 e. The van der Waals surface area contributed by atoms with Crippen molar-refractivity contribution in [1.29, 1.82) is 0 Å². The lowest BCUT2D eigenvalue weighted by Gasteiger charge is -2.26. The third kappa shape index (κ3) is 3.31. The molecule has 0 saturated carbocycles. The molecular formula is C23H30N6O3. The fourth-order valence-electron chi connectivity index (χ4n) is 4.94. The van der Waals surface area contributed by atoms with Gasteiger partial charge in [-0.2, -0.15) is 4.98 Å². The number of piperidine rings is 1. The van der Waals surface area contributed by atoms with E-state index in [1.807, 2.05) is 23.6 Å². The SMILES string of the molecule is COc1ccc(C)cc1N1CCn2c1nc1c2c(=O)n(CCN2CCCCC2)c(=O)n1C. The lowest BCUT2D eigenvalue weighted by molar-refractivity contribution is 0.218. The van der Waals surface area contributed by atoms with Crippen LogP contribution in [0.5, 0.6) is 5.75 Å². The summed E-state index contributed by atoms with van der Waals surface area (Å²) in [7, 11) is 3.35. The Bertz CT molecular complexity index is 1280. The summed E-state index contributed by atoms with van der Waals surface area (Å²) < 4.78 is 10.4. The lowest BCUT2D eigenvalue weighted by atomic mass is 10.1. The van der Waals surface area contributed by atoms with Crippen LogP contribution in [-0.2, 0) is 20.1 Å². The fourth-order valence-corrected chi connectivity index (χ4v) is 4.94. The number of rotatable bonds is 5. The maximum atomic E-state index is 13.4. The maximum Gasteiger partial charge on any atom is 0.332 e. The molecule has 2 aliphatic rings. The van der Waals surface area contributed by atoms with E-state index in [2.05, 4.69) is 15.9 Å². The van der Waals surface area contributed by atoms with Gasteiger partial charge in [-0.15, -0.1) is 0 Å². The summed E-state index contributed by atoms with van der Waals surface area (Å²) in [5.74, 6) is 1.42. The molecule has 9 nitrogen and oxygen atoms in total. The molecule has 3 aromatic rings. The van der Waals surface area contributed by atoms with Gasteiger partial charge in [0.25, 0.3) is 5.56 Å². The molecule has 170 valence electrons. The van der Waals surface area contributed by atoms with Crippen molar-refractivity contribution >= 4 is 22.8 Å². The predicted molar refractivity (Wildman–Crippen MR) is 124 cm³/mol. The molecule has 2 aliphatic heterocycles. The molecule has 0 bridgehead atoms. The smallest absolute Gasteiger partial charge is 0.332 e. The number of aryl methyl sites for hydroxylation is 2. The number of hydrogen-bond acceptors (Lipinski definition) is 6. The van der Waals surface area contributed by atoms with Crippen LogP contribution in [0.15, 0.2) is 27.8 Å². The summed E-state index contributed by atoms with van der Waals surface area (Å²) in [6.45, 7) is 6.54. The van der Waals surface area contributed by atoms with Gasteiger partial charge in [-0.05, 0) is 50.6 Å². The van der Waals surface area contributed by atoms with Crippen molar-refractivity contribution in [2.75, 3.05) is 38.2 Å². The number of ether oxygens (including phenoxy) is 1. The zero-order chi connectivity index (χ0) is 22.4. The fraction of sp³-hybridized carbons (Fsp3) is 0.522. The topological polar surface area (TPSA) is 77.5 Å². The molecule has 0 radical (unpaired) electrons. The number of anilines is 2. The highest BCUT2D eigenvalue weighted by atomic mass is 16.5. The molecule has 0 aliphatic carbocycles. The van der Waals surface area contributed by atoms with Gasteiger partial charge in [0.1, 0.15) is 5.75 Å². The van der Waals surface area contributed by atoms with Crippen molar-refractivity contribution in [3.05, 3.63) is 44.6 Å². The molecule has 0 amide bonds. The number of imidazole rings is 1. The van der Waals surface area contributed by atoms with Gasteiger partial charge < -0.3 is 19.1 Å². The number of nitrogens with zero attached hydrogens (tertiary/aromatic N) is 6. The first-order chi connectivity index (χ1) is 15.5. The Hall–Kier alpha value is -3.07. The van der Waals surface area contributed by atoms with E-state index >= 15 is 0 Å². The molecule has 4 heterocycles. The normalized spacial score (nSPS) is 16.7. The molecule has 2 aromatic heterocycles. The second-order valence-electron chi connectivity index (χ2n) is 8.76. The molecule has 0 unspecified atom stereocenters. The van der Waals surface area contributed by atoms with Crippen LogP contribution in [0.2, 0.25) is 0 Å². The zero-order valence-electron chi connectivity index (χ0n) is 19.0. The molecular weight excluding hydrogens is 408 g/mol. The first-order valence-corrected chi connectivity index (χ1v) is 11.3. The Morgan fingerprint density at radius 3 is 2.56 bits per heavy atom. The summed E-state index contributed by atoms with van der Waals surface area (Å²) in [5, 5.41) is 0. The molecule has 0 atom stereocenters. The first-order valence-electron chi connectivity index (χ1n) is 11.3. The number of fused-ring (bicyclic) bond motifs is 3. The number of benzene rings is 1. The Balaban J connectivity index is 1.57. The highest BCUT2D eigenvalue weighted by Gasteiger charge is 2.30. The Morgan fingerprint density at radius 2 is 1.81 bits per heavy atom. The van der Waals surface area contributed by atoms with Crippen LogP contribution in [0.3, 0.4) is 0 Å². The van der Waals surface area contributed by atoms with Crippen LogP contribution < -0.4 is 20.9 Å². The molecule has 0 spiro atoms. The van der Waals surface area contributed by atoms with E-state index in [4.69, 9.17) is 9.72 Å². The van der Waals surface area contributed by atoms with Crippen LogP contribution >= 0.6 is 0 Å². The average Bonchev–Trinajstić information content (AvgIpc) is 3.38. The number of methoxy groups -OCH3 is 1. The Kier molecular flexibility index (Phi) is 5.28.